The lowest BCUT2D eigenvalue weighted by molar-refractivity contribution is -0.387. The van der Waals surface area contributed by atoms with Gasteiger partial charge in [0.1, 0.15) is 4.90 Å². The third-order valence-electron chi connectivity index (χ3n) is 3.33. The average molecular weight is 369 g/mol. The Kier molecular flexibility index (Phi) is 5.55. The topological polar surface area (TPSA) is 102 Å². The lowest BCUT2D eigenvalue weighted by Gasteiger charge is -2.08. The fourth-order valence-electron chi connectivity index (χ4n) is 2.11. The molecule has 2 rings (SSSR count). The van der Waals surface area contributed by atoms with Crippen LogP contribution in [-0.2, 0) is 16.3 Å². The third-order valence-corrected chi connectivity index (χ3v) is 5.65. The van der Waals surface area contributed by atoms with E-state index in [4.69, 9.17) is 0 Å². The summed E-state index contributed by atoms with van der Waals surface area (Å²) in [6.45, 7) is 4.73. The molecule has 0 aliphatic rings. The van der Waals surface area contributed by atoms with Gasteiger partial charge in [-0.25, -0.2) is 13.4 Å². The number of hydrogen-bond donors (Lipinski definition) is 1. The fraction of sp³-hybridized carbons (Fsp3) is 0.400. The third kappa shape index (κ3) is 4.51. The predicted molar refractivity (Wildman–Crippen MR) is 94.6 cm³/mol. The number of nitro benzene ring substituents is 1. The number of hydrogen-bond acceptors (Lipinski definition) is 7. The van der Waals surface area contributed by atoms with Gasteiger partial charge in [-0.2, -0.15) is 0 Å². The number of thiazole rings is 1. The van der Waals surface area contributed by atoms with Gasteiger partial charge in [-0.15, -0.1) is 11.3 Å². The molecule has 0 bridgehead atoms. The number of nitro groups is 1. The fourth-order valence-corrected chi connectivity index (χ4v) is 3.84. The van der Waals surface area contributed by atoms with Gasteiger partial charge in [-0.3, -0.25) is 10.1 Å². The molecule has 0 fully saturated rings. The SMILES string of the molecule is CC(C)c1nc(CCNc2ccc([N+](=O)[O-])c(S(C)(=O)=O)c2)cs1. The number of benzene rings is 1. The molecule has 1 heterocycles. The van der Waals surface area contributed by atoms with Gasteiger partial charge in [0.05, 0.1) is 15.6 Å². The Balaban J connectivity index is 2.08. The summed E-state index contributed by atoms with van der Waals surface area (Å²) in [6, 6.07) is 4.01. The molecule has 24 heavy (non-hydrogen) atoms. The summed E-state index contributed by atoms with van der Waals surface area (Å²) in [6.07, 6.45) is 1.65. The van der Waals surface area contributed by atoms with Crippen LogP contribution >= 0.6 is 11.3 Å². The van der Waals surface area contributed by atoms with Gasteiger partial charge in [0.25, 0.3) is 5.69 Å². The van der Waals surface area contributed by atoms with Crippen LogP contribution in [0.3, 0.4) is 0 Å². The predicted octanol–water partition coefficient (Wildman–Crippen LogP) is 3.23. The molecule has 2 aromatic rings. The van der Waals surface area contributed by atoms with Crippen molar-refractivity contribution in [2.45, 2.75) is 31.1 Å². The van der Waals surface area contributed by atoms with E-state index in [1.54, 1.807) is 11.3 Å². The van der Waals surface area contributed by atoms with E-state index in [1.807, 2.05) is 5.38 Å². The maximum Gasteiger partial charge on any atom is 0.288 e. The van der Waals surface area contributed by atoms with Crippen molar-refractivity contribution in [2.75, 3.05) is 18.1 Å². The molecule has 1 N–H and O–H groups in total. The van der Waals surface area contributed by atoms with Gasteiger partial charge in [-0.05, 0) is 12.1 Å². The standard InChI is InChI=1S/C15H19N3O4S2/c1-10(2)15-17-12(9-23-15)6-7-16-11-4-5-13(18(19)20)14(8-11)24(3,21)22/h4-5,8-10,16H,6-7H2,1-3H3. The van der Waals surface area contributed by atoms with Gasteiger partial charge < -0.3 is 5.32 Å². The maximum atomic E-state index is 11.7. The zero-order valence-corrected chi connectivity index (χ0v) is 15.3. The van der Waals surface area contributed by atoms with Crippen LogP contribution in [-0.4, -0.2) is 31.1 Å². The Morgan fingerprint density at radius 2 is 2.08 bits per heavy atom. The second kappa shape index (κ2) is 7.27. The summed E-state index contributed by atoms with van der Waals surface area (Å²) in [4.78, 5) is 14.5. The summed E-state index contributed by atoms with van der Waals surface area (Å²) >= 11 is 1.62. The van der Waals surface area contributed by atoms with E-state index < -0.39 is 20.4 Å². The normalized spacial score (nSPS) is 11.7. The maximum absolute atomic E-state index is 11.7. The Bertz CT molecular complexity index is 844. The monoisotopic (exact) mass is 369 g/mol. The second-order valence-electron chi connectivity index (χ2n) is 5.72. The van der Waals surface area contributed by atoms with Crippen LogP contribution in [0.2, 0.25) is 0 Å². The number of nitrogens with zero attached hydrogens (tertiary/aromatic N) is 2. The smallest absolute Gasteiger partial charge is 0.288 e. The summed E-state index contributed by atoms with van der Waals surface area (Å²) in [5, 5.41) is 17.1. The van der Waals surface area contributed by atoms with Crippen LogP contribution in [0.25, 0.3) is 0 Å². The minimum atomic E-state index is -3.68. The zero-order chi connectivity index (χ0) is 17.9. The largest absolute Gasteiger partial charge is 0.385 e. The van der Waals surface area contributed by atoms with E-state index in [2.05, 4.69) is 24.1 Å². The molecule has 1 aromatic heterocycles. The quantitative estimate of drug-likeness (QED) is 0.594. The molecule has 0 saturated heterocycles. The van der Waals surface area contributed by atoms with Gasteiger partial charge >= 0.3 is 0 Å². The molecular formula is C15H19N3O4S2. The van der Waals surface area contributed by atoms with Crippen LogP contribution < -0.4 is 5.32 Å². The van der Waals surface area contributed by atoms with Crippen LogP contribution in [0.1, 0.15) is 30.5 Å². The molecule has 0 saturated carbocycles. The molecule has 0 aliphatic heterocycles. The van der Waals surface area contributed by atoms with Gasteiger partial charge in [-0.1, -0.05) is 13.8 Å². The molecule has 1 aromatic carbocycles. The van der Waals surface area contributed by atoms with Crippen molar-refractivity contribution < 1.29 is 13.3 Å². The molecule has 0 radical (unpaired) electrons. The molecule has 9 heteroatoms. The second-order valence-corrected chi connectivity index (χ2v) is 8.59. The number of anilines is 1. The number of rotatable bonds is 7. The van der Waals surface area contributed by atoms with Gasteiger partial charge in [0, 0.05) is 42.3 Å². The van der Waals surface area contributed by atoms with E-state index in [1.165, 1.54) is 18.2 Å². The van der Waals surface area contributed by atoms with E-state index in [0.717, 1.165) is 17.0 Å². The van der Waals surface area contributed by atoms with Crippen molar-refractivity contribution in [3.8, 4) is 0 Å². The van der Waals surface area contributed by atoms with Crippen LogP contribution in [0.4, 0.5) is 11.4 Å². The Labute approximate surface area is 144 Å². The molecule has 0 unspecified atom stereocenters. The van der Waals surface area contributed by atoms with E-state index >= 15 is 0 Å². The number of sulfone groups is 1. The first kappa shape index (κ1) is 18.3. The average Bonchev–Trinajstić information content (AvgIpc) is 2.95. The highest BCUT2D eigenvalue weighted by Gasteiger charge is 2.22. The van der Waals surface area contributed by atoms with Crippen molar-refractivity contribution in [3.63, 3.8) is 0 Å². The van der Waals surface area contributed by atoms with E-state index in [9.17, 15) is 18.5 Å². The van der Waals surface area contributed by atoms with Crippen molar-refractivity contribution in [1.82, 2.24) is 4.98 Å². The molecule has 130 valence electrons. The lowest BCUT2D eigenvalue weighted by atomic mass is 10.2. The minimum absolute atomic E-state index is 0.284. The van der Waals surface area contributed by atoms with Crippen LogP contribution in [0.5, 0.6) is 0 Å². The number of nitrogens with one attached hydrogen (secondary N) is 1. The van der Waals surface area contributed by atoms with Crippen LogP contribution in [0.15, 0.2) is 28.5 Å². The van der Waals surface area contributed by atoms with Crippen molar-refractivity contribution in [1.29, 1.82) is 0 Å². The highest BCUT2D eigenvalue weighted by atomic mass is 32.2. The summed E-state index contributed by atoms with van der Waals surface area (Å²) in [5.74, 6) is 0.392. The van der Waals surface area contributed by atoms with Gasteiger partial charge in [0.2, 0.25) is 0 Å². The zero-order valence-electron chi connectivity index (χ0n) is 13.6. The first-order valence-electron chi connectivity index (χ1n) is 7.35. The van der Waals surface area contributed by atoms with Gasteiger partial charge in [0.15, 0.2) is 9.84 Å². The first-order chi connectivity index (χ1) is 11.2. The molecule has 7 nitrogen and oxygen atoms in total. The summed E-state index contributed by atoms with van der Waals surface area (Å²) < 4.78 is 23.5. The number of aromatic nitrogens is 1. The Hall–Kier alpha value is -2.00. The first-order valence-corrected chi connectivity index (χ1v) is 10.1. The van der Waals surface area contributed by atoms with Crippen molar-refractivity contribution in [2.24, 2.45) is 0 Å². The molecule has 0 amide bonds. The van der Waals surface area contributed by atoms with Crippen molar-refractivity contribution >= 4 is 32.5 Å². The highest BCUT2D eigenvalue weighted by molar-refractivity contribution is 7.90. The van der Waals surface area contributed by atoms with E-state index in [0.29, 0.717) is 24.6 Å². The summed E-state index contributed by atoms with van der Waals surface area (Å²) in [5.41, 5.74) is 1.09. The summed E-state index contributed by atoms with van der Waals surface area (Å²) in [7, 11) is -3.68. The molecule has 0 spiro atoms. The lowest BCUT2D eigenvalue weighted by Crippen LogP contribution is -2.08. The highest BCUT2D eigenvalue weighted by Crippen LogP contribution is 2.27. The molecule has 0 aliphatic carbocycles. The Morgan fingerprint density at radius 1 is 1.38 bits per heavy atom. The molecule has 0 atom stereocenters. The minimum Gasteiger partial charge on any atom is -0.385 e. The van der Waals surface area contributed by atoms with Crippen molar-refractivity contribution in [3.05, 3.63) is 44.4 Å². The van der Waals surface area contributed by atoms with Crippen LogP contribution in [0, 0.1) is 10.1 Å². The van der Waals surface area contributed by atoms with E-state index in [-0.39, 0.29) is 4.90 Å². The Morgan fingerprint density at radius 3 is 2.62 bits per heavy atom. The molecular weight excluding hydrogens is 350 g/mol.